The van der Waals surface area contributed by atoms with Crippen molar-refractivity contribution in [3.05, 3.63) is 48.0 Å². The van der Waals surface area contributed by atoms with E-state index in [9.17, 15) is 4.79 Å². The highest BCUT2D eigenvalue weighted by molar-refractivity contribution is 7.98. The molecule has 1 aromatic heterocycles. The quantitative estimate of drug-likeness (QED) is 0.393. The number of likely N-dealkylation sites (N-methyl/N-ethyl adjacent to an activating group) is 1. The van der Waals surface area contributed by atoms with E-state index < -0.39 is 0 Å². The Hall–Kier alpha value is -1.54. The van der Waals surface area contributed by atoms with Gasteiger partial charge in [-0.2, -0.15) is 0 Å². The number of thioether (sulfide) groups is 2. The Labute approximate surface area is 185 Å². The van der Waals surface area contributed by atoms with E-state index in [1.807, 2.05) is 41.5 Å². The molecule has 3 rings (SSSR count). The number of aromatic nitrogens is 1. The third-order valence-electron chi connectivity index (χ3n) is 4.93. The molecule has 0 spiro atoms. The summed E-state index contributed by atoms with van der Waals surface area (Å²) in [5, 5.41) is 0.770. The van der Waals surface area contributed by atoms with Crippen molar-refractivity contribution in [1.29, 1.82) is 0 Å². The minimum atomic E-state index is 0.0197. The lowest BCUT2D eigenvalue weighted by molar-refractivity contribution is 0.0981. The molecule has 0 saturated heterocycles. The van der Waals surface area contributed by atoms with Crippen molar-refractivity contribution in [2.24, 2.45) is 0 Å². The average Bonchev–Trinajstić information content (AvgIpc) is 3.19. The van der Waals surface area contributed by atoms with Gasteiger partial charge < -0.3 is 4.90 Å². The van der Waals surface area contributed by atoms with Crippen LogP contribution < -0.4 is 4.90 Å². The zero-order valence-corrected chi connectivity index (χ0v) is 19.8. The number of benzene rings is 2. The van der Waals surface area contributed by atoms with Gasteiger partial charge in [-0.3, -0.25) is 9.69 Å². The van der Waals surface area contributed by atoms with Crippen LogP contribution in [0.3, 0.4) is 0 Å². The summed E-state index contributed by atoms with van der Waals surface area (Å²) >= 11 is 4.91. The van der Waals surface area contributed by atoms with E-state index in [4.69, 9.17) is 4.98 Å². The molecule has 0 aliphatic rings. The molecule has 0 bridgehead atoms. The van der Waals surface area contributed by atoms with Crippen molar-refractivity contribution >= 4 is 56.1 Å². The largest absolute Gasteiger partial charge is 0.302 e. The summed E-state index contributed by atoms with van der Waals surface area (Å²) < 4.78 is 1.12. The Morgan fingerprint density at radius 1 is 1.03 bits per heavy atom. The predicted molar refractivity (Wildman–Crippen MR) is 129 cm³/mol. The van der Waals surface area contributed by atoms with E-state index >= 15 is 0 Å². The van der Waals surface area contributed by atoms with E-state index in [1.54, 1.807) is 34.9 Å². The van der Waals surface area contributed by atoms with Crippen LogP contribution in [0.1, 0.15) is 24.2 Å². The van der Waals surface area contributed by atoms with E-state index in [2.05, 4.69) is 37.1 Å². The normalized spacial score (nSPS) is 11.3. The van der Waals surface area contributed by atoms with Gasteiger partial charge in [0, 0.05) is 22.9 Å². The molecule has 0 saturated carbocycles. The Bertz CT molecular complexity index is 969. The molecule has 0 N–H and O–H groups in total. The highest BCUT2D eigenvalue weighted by Gasteiger charge is 2.23. The van der Waals surface area contributed by atoms with Gasteiger partial charge in [-0.25, -0.2) is 4.98 Å². The Kier molecular flexibility index (Phi) is 8.00. The second-order valence-corrected chi connectivity index (χ2v) is 9.25. The molecule has 2 aromatic carbocycles. The van der Waals surface area contributed by atoms with Gasteiger partial charge >= 0.3 is 0 Å². The number of hydrogen-bond donors (Lipinski definition) is 0. The van der Waals surface area contributed by atoms with Crippen molar-refractivity contribution < 1.29 is 4.79 Å². The monoisotopic (exact) mass is 445 g/mol. The number of rotatable bonds is 9. The first-order chi connectivity index (χ1) is 14.1. The number of fused-ring (bicyclic) bond motifs is 1. The zero-order valence-electron chi connectivity index (χ0n) is 17.3. The molecule has 0 fully saturated rings. The summed E-state index contributed by atoms with van der Waals surface area (Å²) in [6.07, 6.45) is 4.08. The van der Waals surface area contributed by atoms with Gasteiger partial charge in [-0.15, -0.1) is 23.5 Å². The van der Waals surface area contributed by atoms with Gasteiger partial charge in [0.25, 0.3) is 5.91 Å². The topological polar surface area (TPSA) is 36.4 Å². The fourth-order valence-corrected chi connectivity index (χ4v) is 5.30. The predicted octanol–water partition coefficient (Wildman–Crippen LogP) is 5.73. The van der Waals surface area contributed by atoms with Crippen molar-refractivity contribution in [2.75, 3.05) is 43.6 Å². The first-order valence-corrected chi connectivity index (χ1v) is 13.0. The van der Waals surface area contributed by atoms with E-state index in [0.717, 1.165) is 45.4 Å². The van der Waals surface area contributed by atoms with Crippen molar-refractivity contribution in [3.63, 3.8) is 0 Å². The maximum Gasteiger partial charge on any atom is 0.261 e. The third kappa shape index (κ3) is 5.15. The van der Waals surface area contributed by atoms with Gasteiger partial charge in [0.05, 0.1) is 15.8 Å². The first-order valence-electron chi connectivity index (χ1n) is 9.73. The SMILES string of the molecule is CCN(CC)CCN(C(=O)c1ccccc1SC)c1nc2ccc(SC)cc2s1. The minimum absolute atomic E-state index is 0.0197. The fraction of sp³-hybridized carbons (Fsp3) is 0.364. The van der Waals surface area contributed by atoms with Gasteiger partial charge in [0.2, 0.25) is 0 Å². The van der Waals surface area contributed by atoms with Crippen LogP contribution in [0.2, 0.25) is 0 Å². The lowest BCUT2D eigenvalue weighted by atomic mass is 10.2. The standard InChI is InChI=1S/C22H27N3OS3/c1-5-24(6-2)13-14-25(21(26)17-9-7-8-10-19(17)28-4)22-23-18-12-11-16(27-3)15-20(18)29-22/h7-12,15H,5-6,13-14H2,1-4H3. The molecule has 0 atom stereocenters. The van der Waals surface area contributed by atoms with Crippen molar-refractivity contribution in [1.82, 2.24) is 9.88 Å². The third-order valence-corrected chi connectivity index (χ3v) is 7.49. The van der Waals surface area contributed by atoms with Crippen LogP contribution >= 0.6 is 34.9 Å². The van der Waals surface area contributed by atoms with Crippen LogP contribution in [-0.2, 0) is 0 Å². The number of anilines is 1. The van der Waals surface area contributed by atoms with Gasteiger partial charge in [0.1, 0.15) is 0 Å². The molecule has 4 nitrogen and oxygen atoms in total. The lowest BCUT2D eigenvalue weighted by Gasteiger charge is -2.25. The minimum Gasteiger partial charge on any atom is -0.302 e. The van der Waals surface area contributed by atoms with Gasteiger partial charge in [-0.05, 0) is 55.9 Å². The summed E-state index contributed by atoms with van der Waals surface area (Å²) in [5.74, 6) is 0.0197. The second kappa shape index (κ2) is 10.5. The molecule has 1 heterocycles. The molecule has 0 radical (unpaired) electrons. The van der Waals surface area contributed by atoms with E-state index in [0.29, 0.717) is 6.54 Å². The van der Waals surface area contributed by atoms with Gasteiger partial charge in [0.15, 0.2) is 5.13 Å². The Morgan fingerprint density at radius 2 is 1.79 bits per heavy atom. The Morgan fingerprint density at radius 3 is 2.48 bits per heavy atom. The fourth-order valence-electron chi connectivity index (χ4n) is 3.17. The number of nitrogens with zero attached hydrogens (tertiary/aromatic N) is 3. The molecule has 29 heavy (non-hydrogen) atoms. The molecule has 0 aliphatic heterocycles. The molecule has 3 aromatic rings. The van der Waals surface area contributed by atoms with Gasteiger partial charge in [-0.1, -0.05) is 37.3 Å². The molecular formula is C22H27N3OS3. The maximum absolute atomic E-state index is 13.6. The first kappa shape index (κ1) is 22.2. The van der Waals surface area contributed by atoms with E-state index in [-0.39, 0.29) is 5.91 Å². The average molecular weight is 446 g/mol. The Balaban J connectivity index is 1.99. The molecule has 1 amide bonds. The summed E-state index contributed by atoms with van der Waals surface area (Å²) in [6.45, 7) is 7.69. The van der Waals surface area contributed by atoms with Crippen LogP contribution in [0.4, 0.5) is 5.13 Å². The number of carbonyl (C=O) groups excluding carboxylic acids is 1. The summed E-state index contributed by atoms with van der Waals surface area (Å²) in [6, 6.07) is 14.1. The molecule has 0 unspecified atom stereocenters. The number of thiazole rings is 1. The number of carbonyl (C=O) groups is 1. The lowest BCUT2D eigenvalue weighted by Crippen LogP contribution is -2.39. The molecule has 7 heteroatoms. The highest BCUT2D eigenvalue weighted by atomic mass is 32.2. The van der Waals surface area contributed by atoms with Crippen LogP contribution in [0, 0.1) is 0 Å². The highest BCUT2D eigenvalue weighted by Crippen LogP contribution is 2.33. The molecule has 0 aliphatic carbocycles. The van der Waals surface area contributed by atoms with Crippen LogP contribution in [0.25, 0.3) is 10.2 Å². The number of hydrogen-bond acceptors (Lipinski definition) is 6. The van der Waals surface area contributed by atoms with Crippen molar-refractivity contribution in [2.45, 2.75) is 23.6 Å². The van der Waals surface area contributed by atoms with E-state index in [1.165, 1.54) is 4.90 Å². The summed E-state index contributed by atoms with van der Waals surface area (Å²) in [4.78, 5) is 24.8. The van der Waals surface area contributed by atoms with Crippen molar-refractivity contribution in [3.8, 4) is 0 Å². The second-order valence-electron chi connectivity index (χ2n) is 6.51. The maximum atomic E-state index is 13.6. The van der Waals surface area contributed by atoms with Crippen LogP contribution in [-0.4, -0.2) is 54.5 Å². The summed E-state index contributed by atoms with van der Waals surface area (Å²) in [5.41, 5.74) is 1.69. The number of amides is 1. The zero-order chi connectivity index (χ0) is 20.8. The summed E-state index contributed by atoms with van der Waals surface area (Å²) in [7, 11) is 0. The molecule has 154 valence electrons. The van der Waals surface area contributed by atoms with Crippen LogP contribution in [0.5, 0.6) is 0 Å². The molecular weight excluding hydrogens is 418 g/mol. The van der Waals surface area contributed by atoms with Crippen LogP contribution in [0.15, 0.2) is 52.3 Å². The smallest absolute Gasteiger partial charge is 0.261 e.